The van der Waals surface area contributed by atoms with E-state index >= 15 is 0 Å². The smallest absolute Gasteiger partial charge is 0.462 e. The van der Waals surface area contributed by atoms with E-state index in [4.69, 9.17) is 23.3 Å². The number of unbranched alkanes of at least 4 members (excludes halogenated alkanes) is 18. The molecule has 64 heavy (non-hydrogen) atoms. The Morgan fingerprint density at radius 3 is 1.64 bits per heavy atom. The van der Waals surface area contributed by atoms with E-state index in [1.807, 2.05) is 0 Å². The molecule has 0 radical (unpaired) electrons. The van der Waals surface area contributed by atoms with Crippen molar-refractivity contribution in [3.05, 3.63) is 24.3 Å². The number of carbonyl (C=O) groups excluding carboxylic acids is 2. The Bertz CT molecular complexity index is 1410. The first-order chi connectivity index (χ1) is 30.6. The minimum absolute atomic E-state index is 0.0214. The van der Waals surface area contributed by atoms with Gasteiger partial charge in [0, 0.05) is 12.8 Å². The van der Waals surface area contributed by atoms with E-state index in [0.29, 0.717) is 25.0 Å². The minimum atomic E-state index is -5.37. The maximum absolute atomic E-state index is 13.0. The first kappa shape index (κ1) is 58.6. The third-order valence-electron chi connectivity index (χ3n) is 11.4. The number of epoxide rings is 1. The van der Waals surface area contributed by atoms with Crippen LogP contribution >= 0.6 is 15.6 Å². The molecule has 10 atom stereocenters. The van der Waals surface area contributed by atoms with Crippen molar-refractivity contribution < 1.29 is 81.6 Å². The number of phosphoric acid groups is 2. The van der Waals surface area contributed by atoms with Crippen molar-refractivity contribution in [2.75, 3.05) is 13.2 Å². The van der Waals surface area contributed by atoms with Gasteiger partial charge in [-0.3, -0.25) is 23.2 Å². The van der Waals surface area contributed by atoms with Crippen molar-refractivity contribution in [1.82, 2.24) is 0 Å². The Balaban J connectivity index is 1.80. The Kier molecular flexibility index (Phi) is 31.0. The molecule has 2 fully saturated rings. The molecule has 1 aliphatic carbocycles. The summed E-state index contributed by atoms with van der Waals surface area (Å²) in [6, 6.07) is 0. The van der Waals surface area contributed by atoms with E-state index in [2.05, 4.69) is 42.7 Å². The third kappa shape index (κ3) is 27.3. The Morgan fingerprint density at radius 1 is 0.562 bits per heavy atom. The largest absolute Gasteiger partial charge is 0.472 e. The highest BCUT2D eigenvalue weighted by Gasteiger charge is 2.54. The van der Waals surface area contributed by atoms with Crippen molar-refractivity contribution in [3.8, 4) is 0 Å². The molecular formula is C45H82O17P2. The van der Waals surface area contributed by atoms with Gasteiger partial charge in [0.25, 0.3) is 0 Å². The predicted octanol–water partition coefficient (Wildman–Crippen LogP) is 7.94. The van der Waals surface area contributed by atoms with Gasteiger partial charge in [-0.05, 0) is 64.2 Å². The topological polar surface area (TPSA) is 269 Å². The lowest BCUT2D eigenvalue weighted by atomic mass is 9.85. The van der Waals surface area contributed by atoms with Crippen LogP contribution < -0.4 is 0 Å². The average Bonchev–Trinajstić information content (AvgIpc) is 4.01. The van der Waals surface area contributed by atoms with Crippen LogP contribution in [0.15, 0.2) is 24.3 Å². The van der Waals surface area contributed by atoms with Crippen molar-refractivity contribution >= 4 is 27.6 Å². The molecule has 17 nitrogen and oxygen atoms in total. The van der Waals surface area contributed by atoms with E-state index < -0.39 is 83.5 Å². The normalized spacial score (nSPS) is 25.1. The van der Waals surface area contributed by atoms with Crippen LogP contribution in [0.25, 0.3) is 0 Å². The number of aliphatic hydroxyl groups is 4. The molecule has 374 valence electrons. The lowest BCUT2D eigenvalue weighted by molar-refractivity contribution is -0.216. The molecule has 0 aromatic rings. The summed E-state index contributed by atoms with van der Waals surface area (Å²) < 4.78 is 55.2. The fraction of sp³-hybridized carbons (Fsp3) is 0.867. The summed E-state index contributed by atoms with van der Waals surface area (Å²) in [4.78, 5) is 54.3. The molecule has 0 spiro atoms. The number of carbonyl (C=O) groups is 2. The molecule has 1 saturated heterocycles. The Hall–Kier alpha value is -1.56. The quantitative estimate of drug-likeness (QED) is 0.0101. The van der Waals surface area contributed by atoms with Crippen molar-refractivity contribution in [2.24, 2.45) is 0 Å². The molecule has 2 aliphatic rings. The summed E-state index contributed by atoms with van der Waals surface area (Å²) in [6.07, 6.45) is 20.1. The zero-order valence-corrected chi connectivity index (χ0v) is 40.2. The number of ether oxygens (including phenoxy) is 3. The molecule has 0 aromatic heterocycles. The molecule has 19 heteroatoms. The molecule has 0 amide bonds. The fourth-order valence-corrected chi connectivity index (χ4v) is 9.10. The molecule has 7 N–H and O–H groups in total. The Morgan fingerprint density at radius 2 is 1.05 bits per heavy atom. The Labute approximate surface area is 381 Å². The zero-order valence-electron chi connectivity index (χ0n) is 38.4. The van der Waals surface area contributed by atoms with Gasteiger partial charge in [0.05, 0.1) is 18.8 Å². The van der Waals surface area contributed by atoms with Gasteiger partial charge in [0.15, 0.2) is 6.10 Å². The summed E-state index contributed by atoms with van der Waals surface area (Å²) in [7, 11) is -10.7. The van der Waals surface area contributed by atoms with Crippen LogP contribution in [0.4, 0.5) is 0 Å². The number of aliphatic hydroxyl groups excluding tert-OH is 4. The van der Waals surface area contributed by atoms with Crippen LogP contribution in [0, 0.1) is 0 Å². The van der Waals surface area contributed by atoms with Gasteiger partial charge >= 0.3 is 27.6 Å². The molecule has 1 saturated carbocycles. The third-order valence-corrected chi connectivity index (χ3v) is 12.9. The van der Waals surface area contributed by atoms with Crippen LogP contribution in [0.2, 0.25) is 0 Å². The number of allylic oxidation sites excluding steroid dienone is 3. The van der Waals surface area contributed by atoms with Gasteiger partial charge in [-0.15, -0.1) is 0 Å². The van der Waals surface area contributed by atoms with E-state index in [1.54, 1.807) is 0 Å². The molecule has 0 bridgehead atoms. The summed E-state index contributed by atoms with van der Waals surface area (Å²) in [5.74, 6) is -1.23. The van der Waals surface area contributed by atoms with Gasteiger partial charge in [-0.25, -0.2) is 9.13 Å². The second-order valence-corrected chi connectivity index (χ2v) is 19.8. The number of phosphoric ester groups is 2. The SMILES string of the molecule is CCCCC/C=C\CC1OC1CCCCCCCC(=O)O[C@H](COC(=O)CCCCCCCCC/C=C\CCCCCC)COP(=O)(O)O[C@H]1C(O)C(O)C(O)[C@@H](OP(=O)(O)O)C1O. The molecule has 7 unspecified atom stereocenters. The standard InChI is InChI=1S/C45H82O17P2/c1-3-5-7-9-11-12-13-14-15-16-17-18-19-23-27-31-38(46)57-33-35(34-58-64(55,56)62-45-42(50)40(48)41(49)44(43(45)51)61-63(52,53)54)59-39(47)32-28-24-20-22-26-30-37-36(60-37)29-25-21-10-8-6-4-2/h12-13,21,25,35-37,40-45,48-51H,3-11,14-20,22-24,26-34H2,1-2H3,(H,55,56)(H2,52,53,54)/b13-12-,25-21-/t35-,36?,37?,40?,41?,42?,43?,44-,45+/m1/s1. The van der Waals surface area contributed by atoms with Crippen LogP contribution in [-0.2, 0) is 46.5 Å². The summed E-state index contributed by atoms with van der Waals surface area (Å²) >= 11 is 0. The average molecular weight is 957 g/mol. The van der Waals surface area contributed by atoms with Gasteiger partial charge in [-0.2, -0.15) is 0 Å². The first-order valence-corrected chi connectivity index (χ1v) is 27.0. The number of hydrogen-bond donors (Lipinski definition) is 7. The van der Waals surface area contributed by atoms with Gasteiger partial charge in [-0.1, -0.05) is 128 Å². The molecule has 1 heterocycles. The zero-order chi connectivity index (χ0) is 47.2. The second-order valence-electron chi connectivity index (χ2n) is 17.2. The molecular weight excluding hydrogens is 874 g/mol. The van der Waals surface area contributed by atoms with E-state index in [9.17, 15) is 53.8 Å². The van der Waals surface area contributed by atoms with Gasteiger partial charge in [0.2, 0.25) is 0 Å². The maximum Gasteiger partial charge on any atom is 0.472 e. The monoisotopic (exact) mass is 957 g/mol. The molecule has 0 aromatic carbocycles. The van der Waals surface area contributed by atoms with Crippen molar-refractivity contribution in [1.29, 1.82) is 0 Å². The fourth-order valence-electron chi connectivity index (χ4n) is 7.56. The molecule has 1 aliphatic heterocycles. The van der Waals surface area contributed by atoms with Gasteiger partial charge < -0.3 is 49.3 Å². The first-order valence-electron chi connectivity index (χ1n) is 24.0. The molecule has 2 rings (SSSR count). The lowest BCUT2D eigenvalue weighted by Crippen LogP contribution is -2.64. The highest BCUT2D eigenvalue weighted by atomic mass is 31.2. The number of rotatable bonds is 39. The van der Waals surface area contributed by atoms with Crippen molar-refractivity contribution in [3.63, 3.8) is 0 Å². The summed E-state index contributed by atoms with van der Waals surface area (Å²) in [6.45, 7) is 3.05. The lowest BCUT2D eigenvalue weighted by Gasteiger charge is -2.43. The van der Waals surface area contributed by atoms with Crippen LogP contribution in [0.3, 0.4) is 0 Å². The van der Waals surface area contributed by atoms with Crippen LogP contribution in [-0.4, -0.2) is 115 Å². The van der Waals surface area contributed by atoms with Crippen molar-refractivity contribution in [2.45, 2.75) is 236 Å². The van der Waals surface area contributed by atoms with E-state index in [1.165, 1.54) is 44.9 Å². The minimum Gasteiger partial charge on any atom is -0.462 e. The van der Waals surface area contributed by atoms with Gasteiger partial charge in [0.1, 0.15) is 43.2 Å². The number of esters is 2. The highest BCUT2D eigenvalue weighted by molar-refractivity contribution is 7.47. The summed E-state index contributed by atoms with van der Waals surface area (Å²) in [5, 5.41) is 41.2. The van der Waals surface area contributed by atoms with Crippen LogP contribution in [0.5, 0.6) is 0 Å². The number of hydrogen-bond acceptors (Lipinski definition) is 14. The van der Waals surface area contributed by atoms with E-state index in [0.717, 1.165) is 96.3 Å². The second kappa shape index (κ2) is 33.8. The predicted molar refractivity (Wildman–Crippen MR) is 241 cm³/mol. The highest BCUT2D eigenvalue weighted by Crippen LogP contribution is 2.49. The van der Waals surface area contributed by atoms with Crippen LogP contribution in [0.1, 0.15) is 181 Å². The van der Waals surface area contributed by atoms with E-state index in [-0.39, 0.29) is 12.8 Å². The summed E-state index contributed by atoms with van der Waals surface area (Å²) in [5.41, 5.74) is 0. The maximum atomic E-state index is 13.0.